The van der Waals surface area contributed by atoms with Crippen molar-refractivity contribution in [3.05, 3.63) is 23.8 Å². The number of ether oxygens (including phenoxy) is 1. The number of benzene rings is 1. The van der Waals surface area contributed by atoms with E-state index in [1.807, 2.05) is 0 Å². The minimum Gasteiger partial charge on any atom is -0.491 e. The summed E-state index contributed by atoms with van der Waals surface area (Å²) in [7, 11) is 0. The monoisotopic (exact) mass is 311 g/mol. The van der Waals surface area contributed by atoms with Gasteiger partial charge >= 0.3 is 18.0 Å². The zero-order valence-electron chi connectivity index (χ0n) is 11.5. The predicted molar refractivity (Wildman–Crippen MR) is 66.6 cm³/mol. The molecule has 0 radical (unpaired) electrons. The third kappa shape index (κ3) is 4.05. The second kappa shape index (κ2) is 5.87. The van der Waals surface area contributed by atoms with Gasteiger partial charge in [-0.2, -0.15) is 22.0 Å². The molecule has 1 aromatic rings. The summed E-state index contributed by atoms with van der Waals surface area (Å²) in [4.78, 5) is 11.1. The van der Waals surface area contributed by atoms with E-state index in [0.717, 1.165) is 0 Å². The van der Waals surface area contributed by atoms with Crippen molar-refractivity contribution < 1.29 is 31.5 Å². The summed E-state index contributed by atoms with van der Waals surface area (Å²) < 4.78 is 67.2. The first-order valence-electron chi connectivity index (χ1n) is 5.98. The first-order chi connectivity index (χ1) is 9.45. The van der Waals surface area contributed by atoms with Crippen molar-refractivity contribution in [3.63, 3.8) is 0 Å². The Morgan fingerprint density at radius 3 is 2.19 bits per heavy atom. The minimum absolute atomic E-state index is 0.126. The van der Waals surface area contributed by atoms with Gasteiger partial charge in [-0.25, -0.2) is 0 Å². The van der Waals surface area contributed by atoms with Gasteiger partial charge in [-0.05, 0) is 44.5 Å². The number of nitrogens with one attached hydrogen (secondary N) is 1. The number of carbonyl (C=O) groups is 1. The summed E-state index contributed by atoms with van der Waals surface area (Å²) in [6.45, 7) is 5.00. The standard InChI is InChI=1S/C13H14F5NO2/c1-7(2)21-9-4-5-10(8(3)6-9)19-11(20)12(14,15)13(16,17)18/h4-7H,1-3H3,(H,19,20). The molecular formula is C13H14F5NO2. The van der Waals surface area contributed by atoms with E-state index in [4.69, 9.17) is 4.74 Å². The largest absolute Gasteiger partial charge is 0.491 e. The molecule has 1 N–H and O–H groups in total. The highest BCUT2D eigenvalue weighted by Crippen LogP contribution is 2.36. The zero-order valence-corrected chi connectivity index (χ0v) is 11.5. The van der Waals surface area contributed by atoms with E-state index in [0.29, 0.717) is 11.3 Å². The van der Waals surface area contributed by atoms with Crippen molar-refractivity contribution in [3.8, 4) is 5.75 Å². The molecule has 0 unspecified atom stereocenters. The Morgan fingerprint density at radius 1 is 1.19 bits per heavy atom. The van der Waals surface area contributed by atoms with Gasteiger partial charge in [-0.15, -0.1) is 0 Å². The Morgan fingerprint density at radius 2 is 1.76 bits per heavy atom. The van der Waals surface area contributed by atoms with Crippen LogP contribution in [0.15, 0.2) is 18.2 Å². The molecule has 0 aliphatic heterocycles. The van der Waals surface area contributed by atoms with Gasteiger partial charge in [0.05, 0.1) is 6.10 Å². The molecule has 0 saturated carbocycles. The predicted octanol–water partition coefficient (Wildman–Crippen LogP) is 3.92. The average Bonchev–Trinajstić information content (AvgIpc) is 2.30. The highest BCUT2D eigenvalue weighted by atomic mass is 19.4. The molecule has 0 heterocycles. The highest BCUT2D eigenvalue weighted by Gasteiger charge is 2.63. The fourth-order valence-electron chi connectivity index (χ4n) is 1.45. The Hall–Kier alpha value is -1.86. The summed E-state index contributed by atoms with van der Waals surface area (Å²) in [6, 6.07) is 4.01. The lowest BCUT2D eigenvalue weighted by molar-refractivity contribution is -0.267. The molecule has 21 heavy (non-hydrogen) atoms. The molecule has 0 aliphatic rings. The summed E-state index contributed by atoms with van der Waals surface area (Å²) in [6.07, 6.45) is -6.06. The van der Waals surface area contributed by atoms with Crippen LogP contribution in [0.1, 0.15) is 19.4 Å². The van der Waals surface area contributed by atoms with Gasteiger partial charge < -0.3 is 10.1 Å². The van der Waals surface area contributed by atoms with E-state index in [1.54, 1.807) is 19.2 Å². The first-order valence-corrected chi connectivity index (χ1v) is 5.98. The van der Waals surface area contributed by atoms with Crippen LogP contribution in [-0.4, -0.2) is 24.1 Å². The lowest BCUT2D eigenvalue weighted by Gasteiger charge is -2.19. The molecule has 0 saturated heterocycles. The number of hydrogen-bond donors (Lipinski definition) is 1. The number of halogens is 5. The maximum absolute atomic E-state index is 12.8. The minimum atomic E-state index is -5.94. The van der Waals surface area contributed by atoms with Crippen LogP contribution in [0.25, 0.3) is 0 Å². The van der Waals surface area contributed by atoms with Crippen LogP contribution in [0.3, 0.4) is 0 Å². The molecule has 0 fully saturated rings. The van der Waals surface area contributed by atoms with Crippen molar-refractivity contribution >= 4 is 11.6 Å². The summed E-state index contributed by atoms with van der Waals surface area (Å²) in [5.74, 6) is -7.45. The third-order valence-electron chi connectivity index (χ3n) is 2.46. The Bertz CT molecular complexity index is 526. The molecule has 0 aromatic heterocycles. The molecule has 118 valence electrons. The fourth-order valence-corrected chi connectivity index (χ4v) is 1.45. The molecule has 1 aromatic carbocycles. The van der Waals surface area contributed by atoms with Crippen molar-refractivity contribution in [1.82, 2.24) is 0 Å². The molecule has 0 spiro atoms. The second-order valence-corrected chi connectivity index (χ2v) is 4.67. The van der Waals surface area contributed by atoms with E-state index in [2.05, 4.69) is 0 Å². The van der Waals surface area contributed by atoms with Gasteiger partial charge in [0.2, 0.25) is 0 Å². The van der Waals surface area contributed by atoms with E-state index >= 15 is 0 Å². The van der Waals surface area contributed by atoms with E-state index in [1.165, 1.54) is 25.1 Å². The fraction of sp³-hybridized carbons (Fsp3) is 0.462. The van der Waals surface area contributed by atoms with Gasteiger partial charge in [0.1, 0.15) is 5.75 Å². The van der Waals surface area contributed by atoms with Crippen LogP contribution < -0.4 is 10.1 Å². The van der Waals surface area contributed by atoms with Crippen molar-refractivity contribution in [2.24, 2.45) is 0 Å². The van der Waals surface area contributed by atoms with Crippen LogP contribution in [0.5, 0.6) is 5.75 Å². The number of hydrogen-bond acceptors (Lipinski definition) is 2. The molecule has 0 bridgehead atoms. The van der Waals surface area contributed by atoms with Gasteiger partial charge in [0.15, 0.2) is 0 Å². The number of alkyl halides is 5. The molecule has 1 rings (SSSR count). The second-order valence-electron chi connectivity index (χ2n) is 4.67. The molecular weight excluding hydrogens is 297 g/mol. The van der Waals surface area contributed by atoms with Crippen molar-refractivity contribution in [2.45, 2.75) is 39.0 Å². The van der Waals surface area contributed by atoms with Gasteiger partial charge in [0.25, 0.3) is 0 Å². The lowest BCUT2D eigenvalue weighted by atomic mass is 10.1. The smallest absolute Gasteiger partial charge is 0.463 e. The SMILES string of the molecule is Cc1cc(OC(C)C)ccc1NC(=O)C(F)(F)C(F)(F)F. The number of anilines is 1. The number of aryl methyl sites for hydroxylation is 1. The maximum Gasteiger partial charge on any atom is 0.463 e. The molecule has 3 nitrogen and oxygen atoms in total. The lowest BCUT2D eigenvalue weighted by Crippen LogP contribution is -2.47. The molecule has 8 heteroatoms. The Balaban J connectivity index is 2.92. The normalized spacial score (nSPS) is 12.4. The van der Waals surface area contributed by atoms with Crippen LogP contribution in [0.4, 0.5) is 27.6 Å². The van der Waals surface area contributed by atoms with Crippen LogP contribution >= 0.6 is 0 Å². The summed E-state index contributed by atoms with van der Waals surface area (Å²) in [5.41, 5.74) is 0.166. The Labute approximate surface area is 118 Å². The van der Waals surface area contributed by atoms with E-state index in [9.17, 15) is 26.7 Å². The molecule has 0 aliphatic carbocycles. The number of rotatable bonds is 4. The topological polar surface area (TPSA) is 38.3 Å². The zero-order chi connectivity index (χ0) is 16.4. The summed E-state index contributed by atoms with van der Waals surface area (Å²) in [5, 5.41) is 1.57. The van der Waals surface area contributed by atoms with E-state index in [-0.39, 0.29) is 11.8 Å². The van der Waals surface area contributed by atoms with Gasteiger partial charge in [-0.1, -0.05) is 0 Å². The van der Waals surface area contributed by atoms with Crippen LogP contribution in [-0.2, 0) is 4.79 Å². The number of amides is 1. The summed E-state index contributed by atoms with van der Waals surface area (Å²) >= 11 is 0. The van der Waals surface area contributed by atoms with Crippen LogP contribution in [0, 0.1) is 6.92 Å². The number of carbonyl (C=O) groups excluding carboxylic acids is 1. The third-order valence-corrected chi connectivity index (χ3v) is 2.46. The first kappa shape index (κ1) is 17.2. The van der Waals surface area contributed by atoms with Crippen molar-refractivity contribution in [1.29, 1.82) is 0 Å². The molecule has 0 atom stereocenters. The maximum atomic E-state index is 12.8. The quantitative estimate of drug-likeness (QED) is 0.856. The molecule has 1 amide bonds. The van der Waals surface area contributed by atoms with Gasteiger partial charge in [-0.3, -0.25) is 4.79 Å². The van der Waals surface area contributed by atoms with Gasteiger partial charge in [0, 0.05) is 5.69 Å². The van der Waals surface area contributed by atoms with Crippen molar-refractivity contribution in [2.75, 3.05) is 5.32 Å². The highest BCUT2D eigenvalue weighted by molar-refractivity contribution is 5.97. The van der Waals surface area contributed by atoms with E-state index < -0.39 is 18.0 Å². The van der Waals surface area contributed by atoms with Crippen LogP contribution in [0.2, 0.25) is 0 Å². The average molecular weight is 311 g/mol. The Kier molecular flexibility index (Phi) is 4.80.